The molecule has 1 aromatic heterocycles. The van der Waals surface area contributed by atoms with Crippen molar-refractivity contribution >= 4 is 23.2 Å². The fourth-order valence-corrected chi connectivity index (χ4v) is 4.60. The number of ether oxygens (including phenoxy) is 1. The van der Waals surface area contributed by atoms with E-state index in [-0.39, 0.29) is 24.6 Å². The summed E-state index contributed by atoms with van der Waals surface area (Å²) in [7, 11) is 1.56. The molecular weight excluding hydrogens is 437 g/mol. The zero-order valence-corrected chi connectivity index (χ0v) is 19.0. The van der Waals surface area contributed by atoms with Gasteiger partial charge in [0.05, 0.1) is 18.7 Å². The SMILES string of the molecule is COc1cccc(N2CC(C(=O)Nc3cc(-c4nnc5n4CCCCC5)ccc3F)CC2=O)c1. The molecular formula is C25H26FN5O3. The fraction of sp³-hybridized carbons (Fsp3) is 0.360. The van der Waals surface area contributed by atoms with E-state index in [1.807, 2.05) is 0 Å². The van der Waals surface area contributed by atoms with E-state index in [0.717, 1.165) is 38.1 Å². The Kier molecular flexibility index (Phi) is 6.00. The molecule has 2 aliphatic heterocycles. The van der Waals surface area contributed by atoms with Gasteiger partial charge in [0, 0.05) is 43.2 Å². The summed E-state index contributed by atoms with van der Waals surface area (Å²) in [6.45, 7) is 1.04. The van der Waals surface area contributed by atoms with Gasteiger partial charge in [-0.3, -0.25) is 9.59 Å². The highest BCUT2D eigenvalue weighted by Gasteiger charge is 2.35. The number of anilines is 2. The average molecular weight is 464 g/mol. The van der Waals surface area contributed by atoms with Gasteiger partial charge in [-0.25, -0.2) is 4.39 Å². The number of halogens is 1. The molecule has 0 saturated carbocycles. The van der Waals surface area contributed by atoms with Crippen LogP contribution in [0.5, 0.6) is 5.75 Å². The highest BCUT2D eigenvalue weighted by Crippen LogP contribution is 2.30. The van der Waals surface area contributed by atoms with Gasteiger partial charge in [-0.1, -0.05) is 12.5 Å². The summed E-state index contributed by atoms with van der Waals surface area (Å²) >= 11 is 0. The molecule has 1 atom stereocenters. The molecule has 176 valence electrons. The molecule has 5 rings (SSSR count). The highest BCUT2D eigenvalue weighted by atomic mass is 19.1. The Labute approximate surface area is 196 Å². The number of benzene rings is 2. The number of carbonyl (C=O) groups is 2. The van der Waals surface area contributed by atoms with Crippen molar-refractivity contribution in [2.45, 2.75) is 38.6 Å². The highest BCUT2D eigenvalue weighted by molar-refractivity contribution is 6.03. The molecule has 0 bridgehead atoms. The van der Waals surface area contributed by atoms with Crippen LogP contribution in [0.15, 0.2) is 42.5 Å². The van der Waals surface area contributed by atoms with E-state index in [4.69, 9.17) is 4.74 Å². The second kappa shape index (κ2) is 9.24. The number of hydrogen-bond donors (Lipinski definition) is 1. The summed E-state index contributed by atoms with van der Waals surface area (Å²) in [6.07, 6.45) is 4.19. The van der Waals surface area contributed by atoms with Gasteiger partial charge in [0.1, 0.15) is 17.4 Å². The minimum Gasteiger partial charge on any atom is -0.497 e. The molecule has 8 nitrogen and oxygen atoms in total. The van der Waals surface area contributed by atoms with E-state index in [2.05, 4.69) is 20.1 Å². The molecule has 0 radical (unpaired) electrons. The average Bonchev–Trinajstić information content (AvgIpc) is 3.36. The van der Waals surface area contributed by atoms with Gasteiger partial charge in [0.25, 0.3) is 0 Å². The summed E-state index contributed by atoms with van der Waals surface area (Å²) in [4.78, 5) is 27.1. The Balaban J connectivity index is 1.33. The second-order valence-corrected chi connectivity index (χ2v) is 8.69. The molecule has 9 heteroatoms. The van der Waals surface area contributed by atoms with E-state index in [9.17, 15) is 14.0 Å². The molecule has 2 aromatic carbocycles. The Hall–Kier alpha value is -3.75. The van der Waals surface area contributed by atoms with Crippen molar-refractivity contribution in [3.63, 3.8) is 0 Å². The molecule has 0 spiro atoms. The first kappa shape index (κ1) is 22.1. The summed E-state index contributed by atoms with van der Waals surface area (Å²) in [5.74, 6) is 0.553. The molecule has 2 aliphatic rings. The number of carbonyl (C=O) groups excluding carboxylic acids is 2. The first-order chi connectivity index (χ1) is 16.5. The normalized spacial score (nSPS) is 17.9. The number of amides is 2. The zero-order valence-electron chi connectivity index (χ0n) is 19.0. The Morgan fingerprint density at radius 3 is 2.88 bits per heavy atom. The Morgan fingerprint density at radius 1 is 1.15 bits per heavy atom. The van der Waals surface area contributed by atoms with Crippen molar-refractivity contribution in [1.29, 1.82) is 0 Å². The van der Waals surface area contributed by atoms with Crippen molar-refractivity contribution in [3.05, 3.63) is 54.1 Å². The van der Waals surface area contributed by atoms with Crippen LogP contribution < -0.4 is 15.0 Å². The number of hydrogen-bond acceptors (Lipinski definition) is 5. The maximum absolute atomic E-state index is 14.6. The number of aromatic nitrogens is 3. The summed E-state index contributed by atoms with van der Waals surface area (Å²) < 4.78 is 21.9. The van der Waals surface area contributed by atoms with Crippen LogP contribution in [0.1, 0.15) is 31.5 Å². The number of fused-ring (bicyclic) bond motifs is 1. The summed E-state index contributed by atoms with van der Waals surface area (Å²) in [5.41, 5.74) is 1.43. The molecule has 1 fully saturated rings. The summed E-state index contributed by atoms with van der Waals surface area (Å²) in [5, 5.41) is 11.3. The lowest BCUT2D eigenvalue weighted by Gasteiger charge is -2.17. The number of aryl methyl sites for hydroxylation is 1. The molecule has 1 saturated heterocycles. The lowest BCUT2D eigenvalue weighted by molar-refractivity contribution is -0.122. The molecule has 1 unspecified atom stereocenters. The van der Waals surface area contributed by atoms with Gasteiger partial charge in [-0.2, -0.15) is 0 Å². The first-order valence-corrected chi connectivity index (χ1v) is 11.5. The van der Waals surface area contributed by atoms with Crippen LogP contribution >= 0.6 is 0 Å². The minimum atomic E-state index is -0.592. The third-order valence-corrected chi connectivity index (χ3v) is 6.45. The van der Waals surface area contributed by atoms with Crippen LogP contribution in [0.25, 0.3) is 11.4 Å². The van der Waals surface area contributed by atoms with E-state index < -0.39 is 17.6 Å². The van der Waals surface area contributed by atoms with Crippen LogP contribution in [0.2, 0.25) is 0 Å². The van der Waals surface area contributed by atoms with Gasteiger partial charge >= 0.3 is 0 Å². The number of methoxy groups -OCH3 is 1. The van der Waals surface area contributed by atoms with Crippen LogP contribution in [-0.2, 0) is 22.6 Å². The molecule has 34 heavy (non-hydrogen) atoms. The van der Waals surface area contributed by atoms with Gasteiger partial charge in [0.2, 0.25) is 11.8 Å². The Morgan fingerprint density at radius 2 is 2.03 bits per heavy atom. The fourth-order valence-electron chi connectivity index (χ4n) is 4.60. The van der Waals surface area contributed by atoms with Gasteiger partial charge < -0.3 is 19.5 Å². The second-order valence-electron chi connectivity index (χ2n) is 8.69. The van der Waals surface area contributed by atoms with E-state index in [1.54, 1.807) is 48.4 Å². The number of nitrogens with one attached hydrogen (secondary N) is 1. The Bertz CT molecular complexity index is 1240. The zero-order chi connectivity index (χ0) is 23.7. The molecule has 1 N–H and O–H groups in total. The van der Waals surface area contributed by atoms with Gasteiger partial charge in [0.15, 0.2) is 5.82 Å². The number of rotatable bonds is 5. The van der Waals surface area contributed by atoms with Crippen molar-refractivity contribution < 1.29 is 18.7 Å². The van der Waals surface area contributed by atoms with Crippen molar-refractivity contribution in [3.8, 4) is 17.1 Å². The predicted octanol–water partition coefficient (Wildman–Crippen LogP) is 3.81. The monoisotopic (exact) mass is 463 g/mol. The maximum Gasteiger partial charge on any atom is 0.229 e. The predicted molar refractivity (Wildman–Crippen MR) is 125 cm³/mol. The van der Waals surface area contributed by atoms with E-state index >= 15 is 0 Å². The lowest BCUT2D eigenvalue weighted by Crippen LogP contribution is -2.28. The van der Waals surface area contributed by atoms with Crippen LogP contribution in [0.3, 0.4) is 0 Å². The first-order valence-electron chi connectivity index (χ1n) is 11.5. The van der Waals surface area contributed by atoms with Gasteiger partial charge in [-0.05, 0) is 43.2 Å². The maximum atomic E-state index is 14.6. The quantitative estimate of drug-likeness (QED) is 0.622. The standard InChI is InChI=1S/C25H26FN5O3/c1-34-19-7-5-6-18(14-19)31-15-17(13-23(31)32)25(33)27-21-12-16(9-10-20(21)26)24-29-28-22-8-3-2-4-11-30(22)24/h5-7,9-10,12,14,17H,2-4,8,11,13,15H2,1H3,(H,27,33). The van der Waals surface area contributed by atoms with Crippen LogP contribution in [0, 0.1) is 11.7 Å². The van der Waals surface area contributed by atoms with Crippen LogP contribution in [-0.4, -0.2) is 40.2 Å². The van der Waals surface area contributed by atoms with E-state index in [1.165, 1.54) is 6.07 Å². The smallest absolute Gasteiger partial charge is 0.229 e. The lowest BCUT2D eigenvalue weighted by atomic mass is 10.1. The third-order valence-electron chi connectivity index (χ3n) is 6.45. The molecule has 3 aromatic rings. The topological polar surface area (TPSA) is 89.3 Å². The van der Waals surface area contributed by atoms with Gasteiger partial charge in [-0.15, -0.1) is 10.2 Å². The third kappa shape index (κ3) is 4.25. The van der Waals surface area contributed by atoms with Crippen molar-refractivity contribution in [2.24, 2.45) is 5.92 Å². The largest absolute Gasteiger partial charge is 0.497 e. The van der Waals surface area contributed by atoms with Crippen molar-refractivity contribution in [2.75, 3.05) is 23.9 Å². The minimum absolute atomic E-state index is 0.0576. The van der Waals surface area contributed by atoms with E-state index in [0.29, 0.717) is 22.8 Å². The molecule has 0 aliphatic carbocycles. The van der Waals surface area contributed by atoms with Crippen LogP contribution in [0.4, 0.5) is 15.8 Å². The summed E-state index contributed by atoms with van der Waals surface area (Å²) in [6, 6.07) is 11.7. The van der Waals surface area contributed by atoms with Crippen molar-refractivity contribution in [1.82, 2.24) is 14.8 Å². The molecule has 3 heterocycles. The molecule has 2 amide bonds. The number of nitrogens with zero attached hydrogens (tertiary/aromatic N) is 4.